The van der Waals surface area contributed by atoms with Crippen LogP contribution >= 0.6 is 0 Å². The van der Waals surface area contributed by atoms with Crippen LogP contribution in [-0.4, -0.2) is 38.3 Å². The lowest BCUT2D eigenvalue weighted by Gasteiger charge is -2.28. The normalized spacial score (nSPS) is 25.2. The maximum absolute atomic E-state index is 12.2. The van der Waals surface area contributed by atoms with Crippen molar-refractivity contribution < 1.29 is 14.3 Å². The second-order valence-electron chi connectivity index (χ2n) is 6.96. The third-order valence-electron chi connectivity index (χ3n) is 4.98. The zero-order valence-corrected chi connectivity index (χ0v) is 14.4. The Kier molecular flexibility index (Phi) is 6.10. The Labute approximate surface area is 144 Å². The van der Waals surface area contributed by atoms with Gasteiger partial charge in [-0.25, -0.2) is 0 Å². The van der Waals surface area contributed by atoms with Gasteiger partial charge in [-0.1, -0.05) is 6.92 Å². The highest BCUT2D eigenvalue weighted by Crippen LogP contribution is 2.24. The molecule has 2 N–H and O–H groups in total. The number of anilines is 1. The van der Waals surface area contributed by atoms with E-state index in [0.717, 1.165) is 37.6 Å². The first kappa shape index (κ1) is 17.2. The van der Waals surface area contributed by atoms with Crippen LogP contribution in [0, 0.1) is 11.8 Å². The van der Waals surface area contributed by atoms with E-state index in [1.165, 1.54) is 12.8 Å². The molecule has 3 atom stereocenters. The Hall–Kier alpha value is -1.59. The van der Waals surface area contributed by atoms with Crippen molar-refractivity contribution in [2.75, 3.05) is 31.6 Å². The second-order valence-corrected chi connectivity index (χ2v) is 6.96. The zero-order valence-electron chi connectivity index (χ0n) is 14.4. The molecule has 1 aromatic carbocycles. The van der Waals surface area contributed by atoms with Gasteiger partial charge in [0, 0.05) is 18.5 Å². The van der Waals surface area contributed by atoms with Gasteiger partial charge in [-0.2, -0.15) is 0 Å². The summed E-state index contributed by atoms with van der Waals surface area (Å²) in [5.41, 5.74) is 0.823. The van der Waals surface area contributed by atoms with Gasteiger partial charge >= 0.3 is 0 Å². The average molecular weight is 332 g/mol. The smallest absolute Gasteiger partial charge is 0.224 e. The van der Waals surface area contributed by atoms with Crippen LogP contribution in [0.3, 0.4) is 0 Å². The standard InChI is InChI=1S/C19H28N2O3/c1-14(15-3-2-9-20-12-15)11-19(22)21-16-4-6-17(7-5-16)24-18-8-10-23-13-18/h4-7,14-15,18,20H,2-3,8-13H2,1H3,(H,21,22). The molecule has 5 nitrogen and oxygen atoms in total. The van der Waals surface area contributed by atoms with E-state index in [0.29, 0.717) is 24.9 Å². The highest BCUT2D eigenvalue weighted by Gasteiger charge is 2.22. The topological polar surface area (TPSA) is 59.6 Å². The Morgan fingerprint density at radius 1 is 1.38 bits per heavy atom. The lowest BCUT2D eigenvalue weighted by atomic mass is 9.85. The molecule has 132 valence electrons. The minimum atomic E-state index is 0.0888. The third-order valence-corrected chi connectivity index (χ3v) is 4.98. The third kappa shape index (κ3) is 4.95. The van der Waals surface area contributed by atoms with Gasteiger partial charge in [0.15, 0.2) is 0 Å². The van der Waals surface area contributed by atoms with E-state index in [4.69, 9.17) is 9.47 Å². The summed E-state index contributed by atoms with van der Waals surface area (Å²) in [6.45, 7) is 5.75. The number of amides is 1. The molecule has 2 heterocycles. The quantitative estimate of drug-likeness (QED) is 0.841. The number of piperidine rings is 1. The molecular formula is C19H28N2O3. The molecule has 24 heavy (non-hydrogen) atoms. The molecule has 1 amide bonds. The van der Waals surface area contributed by atoms with Crippen molar-refractivity contribution in [1.29, 1.82) is 0 Å². The summed E-state index contributed by atoms with van der Waals surface area (Å²) in [4.78, 5) is 12.2. The predicted molar refractivity (Wildman–Crippen MR) is 94.3 cm³/mol. The zero-order chi connectivity index (χ0) is 16.8. The van der Waals surface area contributed by atoms with Crippen molar-refractivity contribution in [3.8, 4) is 5.75 Å². The largest absolute Gasteiger partial charge is 0.488 e. The van der Waals surface area contributed by atoms with Crippen LogP contribution < -0.4 is 15.4 Å². The van der Waals surface area contributed by atoms with Gasteiger partial charge in [-0.3, -0.25) is 4.79 Å². The van der Waals surface area contributed by atoms with E-state index in [2.05, 4.69) is 17.6 Å². The SMILES string of the molecule is CC(CC(=O)Nc1ccc(OC2CCOC2)cc1)C1CCCNC1. The van der Waals surface area contributed by atoms with Crippen molar-refractivity contribution >= 4 is 11.6 Å². The van der Waals surface area contributed by atoms with Crippen LogP contribution in [0.25, 0.3) is 0 Å². The first-order chi connectivity index (χ1) is 11.7. The van der Waals surface area contributed by atoms with Crippen molar-refractivity contribution in [3.63, 3.8) is 0 Å². The number of benzene rings is 1. The molecule has 0 aliphatic carbocycles. The first-order valence-corrected chi connectivity index (χ1v) is 9.06. The van der Waals surface area contributed by atoms with Gasteiger partial charge < -0.3 is 20.1 Å². The molecule has 0 radical (unpaired) electrons. The van der Waals surface area contributed by atoms with Gasteiger partial charge in [0.2, 0.25) is 5.91 Å². The number of hydrogen-bond acceptors (Lipinski definition) is 4. The van der Waals surface area contributed by atoms with Gasteiger partial charge in [0.25, 0.3) is 0 Å². The number of hydrogen-bond donors (Lipinski definition) is 2. The lowest BCUT2D eigenvalue weighted by molar-refractivity contribution is -0.117. The van der Waals surface area contributed by atoms with E-state index in [1.54, 1.807) is 0 Å². The molecule has 0 spiro atoms. The minimum absolute atomic E-state index is 0.0888. The van der Waals surface area contributed by atoms with E-state index < -0.39 is 0 Å². The molecule has 5 heteroatoms. The maximum atomic E-state index is 12.2. The van der Waals surface area contributed by atoms with Crippen LogP contribution in [0.15, 0.2) is 24.3 Å². The monoisotopic (exact) mass is 332 g/mol. The van der Waals surface area contributed by atoms with Gasteiger partial charge in [-0.15, -0.1) is 0 Å². The molecule has 0 aromatic heterocycles. The molecule has 2 saturated heterocycles. The Bertz CT molecular complexity index is 520. The first-order valence-electron chi connectivity index (χ1n) is 9.06. The highest BCUT2D eigenvalue weighted by atomic mass is 16.5. The van der Waals surface area contributed by atoms with Crippen LogP contribution in [0.1, 0.15) is 32.6 Å². The average Bonchev–Trinajstić information content (AvgIpc) is 3.10. The van der Waals surface area contributed by atoms with Crippen molar-refractivity contribution in [3.05, 3.63) is 24.3 Å². The molecule has 2 aliphatic heterocycles. The number of carbonyl (C=O) groups excluding carboxylic acids is 1. The maximum Gasteiger partial charge on any atom is 0.224 e. The summed E-state index contributed by atoms with van der Waals surface area (Å²) in [6, 6.07) is 7.61. The molecule has 3 unspecified atom stereocenters. The summed E-state index contributed by atoms with van der Waals surface area (Å²) in [6.07, 6.45) is 4.09. The van der Waals surface area contributed by atoms with Gasteiger partial charge in [0.1, 0.15) is 11.9 Å². The Morgan fingerprint density at radius 3 is 2.88 bits per heavy atom. The van der Waals surface area contributed by atoms with E-state index >= 15 is 0 Å². The highest BCUT2D eigenvalue weighted by molar-refractivity contribution is 5.90. The molecule has 2 aliphatic rings. The van der Waals surface area contributed by atoms with Crippen molar-refractivity contribution in [2.24, 2.45) is 11.8 Å². The van der Waals surface area contributed by atoms with Crippen LogP contribution in [0.2, 0.25) is 0 Å². The summed E-state index contributed by atoms with van der Waals surface area (Å²) in [5.74, 6) is 1.92. The Balaban J connectivity index is 1.45. The molecule has 3 rings (SSSR count). The van der Waals surface area contributed by atoms with E-state index in [-0.39, 0.29) is 12.0 Å². The fourth-order valence-corrected chi connectivity index (χ4v) is 3.45. The molecule has 1 aromatic rings. The summed E-state index contributed by atoms with van der Waals surface area (Å²) in [7, 11) is 0. The molecule has 2 fully saturated rings. The summed E-state index contributed by atoms with van der Waals surface area (Å²) >= 11 is 0. The van der Waals surface area contributed by atoms with Crippen molar-refractivity contribution in [1.82, 2.24) is 5.32 Å². The lowest BCUT2D eigenvalue weighted by Crippen LogP contribution is -2.34. The molecule has 0 bridgehead atoms. The minimum Gasteiger partial charge on any atom is -0.488 e. The fraction of sp³-hybridized carbons (Fsp3) is 0.632. The van der Waals surface area contributed by atoms with Gasteiger partial charge in [0.05, 0.1) is 13.2 Å². The van der Waals surface area contributed by atoms with Crippen molar-refractivity contribution in [2.45, 2.75) is 38.7 Å². The predicted octanol–water partition coefficient (Wildman–Crippen LogP) is 2.82. The number of ether oxygens (including phenoxy) is 2. The number of carbonyl (C=O) groups is 1. The second kappa shape index (κ2) is 8.49. The van der Waals surface area contributed by atoms with Crippen LogP contribution in [0.4, 0.5) is 5.69 Å². The van der Waals surface area contributed by atoms with Crippen LogP contribution in [-0.2, 0) is 9.53 Å². The number of nitrogens with one attached hydrogen (secondary N) is 2. The van der Waals surface area contributed by atoms with Crippen LogP contribution in [0.5, 0.6) is 5.75 Å². The molecular weight excluding hydrogens is 304 g/mol. The van der Waals surface area contributed by atoms with E-state index in [1.807, 2.05) is 24.3 Å². The fourth-order valence-electron chi connectivity index (χ4n) is 3.45. The molecule has 0 saturated carbocycles. The Morgan fingerprint density at radius 2 is 2.21 bits per heavy atom. The summed E-state index contributed by atoms with van der Waals surface area (Å²) < 4.78 is 11.1. The van der Waals surface area contributed by atoms with Gasteiger partial charge in [-0.05, 0) is 62.0 Å². The summed E-state index contributed by atoms with van der Waals surface area (Å²) in [5, 5.41) is 6.41. The number of rotatable bonds is 6. The van der Waals surface area contributed by atoms with E-state index in [9.17, 15) is 4.79 Å².